The first-order valence-electron chi connectivity index (χ1n) is 12.5. The van der Waals surface area contributed by atoms with Crippen molar-refractivity contribution in [3.8, 4) is 11.1 Å². The minimum absolute atomic E-state index is 0.517. The molecular weight excluding hydrogens is 570 g/mol. The van der Waals surface area contributed by atoms with Crippen molar-refractivity contribution < 1.29 is 46.1 Å². The SMILES string of the molecule is O=C(O)C(F)(F)F.O=C(O)C(F)(F)F.c1ccc(CN2CCC(c3nc4ccc(-c5ccncc5)cc4[nH]3)CC2)cc1. The van der Waals surface area contributed by atoms with E-state index in [-0.39, 0.29) is 0 Å². The highest BCUT2D eigenvalue weighted by molar-refractivity contribution is 5.82. The maximum Gasteiger partial charge on any atom is 0.490 e. The number of nitrogens with zero attached hydrogens (tertiary/aromatic N) is 3. The zero-order valence-corrected chi connectivity index (χ0v) is 21.9. The molecule has 2 aromatic heterocycles. The molecule has 42 heavy (non-hydrogen) atoms. The number of likely N-dealkylation sites (tertiary alicyclic amines) is 1. The molecule has 2 aromatic carbocycles. The van der Waals surface area contributed by atoms with Crippen LogP contribution in [0.1, 0.15) is 30.1 Å². The number of fused-ring (bicyclic) bond motifs is 1. The van der Waals surface area contributed by atoms with Gasteiger partial charge in [-0.2, -0.15) is 26.3 Å². The number of halogens is 6. The Balaban J connectivity index is 0.000000289. The van der Waals surface area contributed by atoms with Crippen LogP contribution in [0.3, 0.4) is 0 Å². The van der Waals surface area contributed by atoms with Gasteiger partial charge in [0.15, 0.2) is 0 Å². The number of carboxylic acid groups (broad SMARTS) is 2. The van der Waals surface area contributed by atoms with Crippen molar-refractivity contribution in [1.82, 2.24) is 19.9 Å². The fourth-order valence-corrected chi connectivity index (χ4v) is 4.15. The van der Waals surface area contributed by atoms with Crippen LogP contribution in [-0.2, 0) is 16.1 Å². The van der Waals surface area contributed by atoms with Crippen LogP contribution >= 0.6 is 0 Å². The quantitative estimate of drug-likeness (QED) is 0.238. The third-order valence-corrected chi connectivity index (χ3v) is 6.22. The highest BCUT2D eigenvalue weighted by atomic mass is 19.4. The summed E-state index contributed by atoms with van der Waals surface area (Å²) in [5, 5.41) is 14.2. The standard InChI is InChI=1S/C24H24N4.2C2HF3O2/c1-2-4-18(5-3-1)17-28-14-10-20(11-15-28)24-26-22-7-6-21(16-23(22)27-24)19-8-12-25-13-9-19;2*3-2(4,5)1(6)7/h1-9,12-13,16,20H,10-11,14-15,17H2,(H,26,27);2*(H,6,7). The molecule has 0 spiro atoms. The zero-order chi connectivity index (χ0) is 30.9. The molecule has 1 aliphatic heterocycles. The topological polar surface area (TPSA) is 119 Å². The molecule has 1 fully saturated rings. The predicted octanol–water partition coefficient (Wildman–Crippen LogP) is 6.27. The van der Waals surface area contributed by atoms with Gasteiger partial charge in [0, 0.05) is 24.9 Å². The minimum Gasteiger partial charge on any atom is -0.475 e. The van der Waals surface area contributed by atoms with Crippen molar-refractivity contribution in [3.05, 3.63) is 84.4 Å². The largest absolute Gasteiger partial charge is 0.490 e. The van der Waals surface area contributed by atoms with Gasteiger partial charge in [0.1, 0.15) is 5.82 Å². The lowest BCUT2D eigenvalue weighted by Crippen LogP contribution is -2.32. The summed E-state index contributed by atoms with van der Waals surface area (Å²) in [5.41, 5.74) is 5.95. The molecule has 8 nitrogen and oxygen atoms in total. The molecule has 14 heteroatoms. The Morgan fingerprint density at radius 1 is 0.833 bits per heavy atom. The lowest BCUT2D eigenvalue weighted by Gasteiger charge is -2.31. The van der Waals surface area contributed by atoms with E-state index in [1.54, 1.807) is 0 Å². The van der Waals surface area contributed by atoms with E-state index in [0.29, 0.717) is 5.92 Å². The number of piperidine rings is 1. The van der Waals surface area contributed by atoms with Crippen molar-refractivity contribution in [1.29, 1.82) is 0 Å². The maximum absolute atomic E-state index is 10.6. The summed E-state index contributed by atoms with van der Waals surface area (Å²) in [4.78, 5) is 32.9. The third-order valence-electron chi connectivity index (χ3n) is 6.22. The lowest BCUT2D eigenvalue weighted by molar-refractivity contribution is -0.193. The Morgan fingerprint density at radius 3 is 1.90 bits per heavy atom. The van der Waals surface area contributed by atoms with Crippen LogP contribution in [0.5, 0.6) is 0 Å². The molecule has 1 aliphatic rings. The van der Waals surface area contributed by atoms with Crippen molar-refractivity contribution in [2.75, 3.05) is 13.1 Å². The Hall–Kier alpha value is -4.46. The average molecular weight is 597 g/mol. The molecule has 0 atom stereocenters. The molecule has 224 valence electrons. The molecule has 0 aliphatic carbocycles. The van der Waals surface area contributed by atoms with Crippen molar-refractivity contribution in [3.63, 3.8) is 0 Å². The van der Waals surface area contributed by atoms with E-state index >= 15 is 0 Å². The van der Waals surface area contributed by atoms with Gasteiger partial charge in [-0.05, 0) is 66.9 Å². The molecule has 0 amide bonds. The van der Waals surface area contributed by atoms with Gasteiger partial charge < -0.3 is 15.2 Å². The second kappa shape index (κ2) is 13.9. The highest BCUT2D eigenvalue weighted by Gasteiger charge is 2.38. The molecule has 0 unspecified atom stereocenters. The van der Waals surface area contributed by atoms with E-state index < -0.39 is 24.3 Å². The number of aromatic amines is 1. The van der Waals surface area contributed by atoms with E-state index in [0.717, 1.165) is 49.3 Å². The smallest absolute Gasteiger partial charge is 0.475 e. The van der Waals surface area contributed by atoms with Crippen molar-refractivity contribution in [2.45, 2.75) is 37.7 Å². The second-order valence-electron chi connectivity index (χ2n) is 9.23. The highest BCUT2D eigenvalue weighted by Crippen LogP contribution is 2.30. The van der Waals surface area contributed by atoms with Crippen LogP contribution in [0.15, 0.2) is 73.1 Å². The fraction of sp³-hybridized carbons (Fsp3) is 0.286. The van der Waals surface area contributed by atoms with E-state index in [9.17, 15) is 26.3 Å². The summed E-state index contributed by atoms with van der Waals surface area (Å²) in [6.45, 7) is 3.29. The number of hydrogen-bond acceptors (Lipinski definition) is 5. The number of hydrogen-bond donors (Lipinski definition) is 3. The number of pyridine rings is 1. The van der Waals surface area contributed by atoms with Gasteiger partial charge >= 0.3 is 24.3 Å². The number of aromatic nitrogens is 3. The van der Waals surface area contributed by atoms with Gasteiger partial charge in [-0.1, -0.05) is 36.4 Å². The number of alkyl halides is 6. The average Bonchev–Trinajstić information content (AvgIpc) is 3.38. The van der Waals surface area contributed by atoms with Gasteiger partial charge in [-0.25, -0.2) is 14.6 Å². The van der Waals surface area contributed by atoms with Crippen LogP contribution in [0, 0.1) is 0 Å². The number of carbonyl (C=O) groups is 2. The summed E-state index contributed by atoms with van der Waals surface area (Å²) in [5.74, 6) is -3.86. The normalized spacial score (nSPS) is 14.3. The maximum atomic E-state index is 10.6. The summed E-state index contributed by atoms with van der Waals surface area (Å²) >= 11 is 0. The third kappa shape index (κ3) is 9.58. The molecule has 0 radical (unpaired) electrons. The monoisotopic (exact) mass is 596 g/mol. The Labute approximate surface area is 235 Å². The minimum atomic E-state index is -5.08. The fourth-order valence-electron chi connectivity index (χ4n) is 4.15. The number of imidazole rings is 1. The molecule has 3 N–H and O–H groups in total. The molecule has 0 saturated carbocycles. The van der Waals surface area contributed by atoms with E-state index in [1.165, 1.54) is 16.7 Å². The van der Waals surface area contributed by atoms with Crippen LogP contribution in [-0.4, -0.2) is 67.4 Å². The van der Waals surface area contributed by atoms with Crippen molar-refractivity contribution in [2.24, 2.45) is 0 Å². The number of carboxylic acids is 2. The van der Waals surface area contributed by atoms with Gasteiger partial charge in [0.05, 0.1) is 11.0 Å². The van der Waals surface area contributed by atoms with Crippen LogP contribution < -0.4 is 0 Å². The van der Waals surface area contributed by atoms with Gasteiger partial charge in [-0.15, -0.1) is 0 Å². The Bertz CT molecular complexity index is 1430. The number of nitrogens with one attached hydrogen (secondary N) is 1. The van der Waals surface area contributed by atoms with Gasteiger partial charge in [0.25, 0.3) is 0 Å². The first-order chi connectivity index (χ1) is 19.7. The molecule has 4 aromatic rings. The molecule has 3 heterocycles. The van der Waals surface area contributed by atoms with Crippen LogP contribution in [0.2, 0.25) is 0 Å². The van der Waals surface area contributed by atoms with Crippen molar-refractivity contribution >= 4 is 23.0 Å². The van der Waals surface area contributed by atoms with E-state index in [1.807, 2.05) is 24.5 Å². The first kappa shape index (κ1) is 32.1. The molecule has 0 bridgehead atoms. The summed E-state index contributed by atoms with van der Waals surface area (Å²) < 4.78 is 63.5. The van der Waals surface area contributed by atoms with E-state index in [2.05, 4.69) is 63.4 Å². The molecular formula is C28H26F6N4O4. The Morgan fingerprint density at radius 2 is 1.38 bits per heavy atom. The summed E-state index contributed by atoms with van der Waals surface area (Å²) in [7, 11) is 0. The zero-order valence-electron chi connectivity index (χ0n) is 21.9. The van der Waals surface area contributed by atoms with Crippen LogP contribution in [0.4, 0.5) is 26.3 Å². The first-order valence-corrected chi connectivity index (χ1v) is 12.5. The lowest BCUT2D eigenvalue weighted by atomic mass is 9.96. The van der Waals surface area contributed by atoms with Gasteiger partial charge in [-0.3, -0.25) is 9.88 Å². The summed E-state index contributed by atoms with van der Waals surface area (Å²) in [6.07, 6.45) is -4.18. The van der Waals surface area contributed by atoms with E-state index in [4.69, 9.17) is 24.8 Å². The summed E-state index contributed by atoms with van der Waals surface area (Å²) in [6, 6.07) is 21.3. The number of rotatable bonds is 4. The predicted molar refractivity (Wildman–Crippen MR) is 140 cm³/mol. The second-order valence-corrected chi connectivity index (χ2v) is 9.23. The molecule has 1 saturated heterocycles. The number of aliphatic carboxylic acids is 2. The number of benzene rings is 2. The van der Waals surface area contributed by atoms with Crippen LogP contribution in [0.25, 0.3) is 22.2 Å². The Kier molecular flexibility index (Phi) is 10.6. The number of H-pyrrole nitrogens is 1. The van der Waals surface area contributed by atoms with Gasteiger partial charge in [0.2, 0.25) is 0 Å². The molecule has 5 rings (SSSR count).